The molecule has 3 aliphatic heterocycles. The van der Waals surface area contributed by atoms with Crippen LogP contribution in [0, 0.1) is 5.92 Å². The molecule has 3 aromatic carbocycles. The smallest absolute Gasteiger partial charge is 0.430 e. The number of fused-ring (bicyclic) bond motifs is 4. The topological polar surface area (TPSA) is 116 Å². The predicted octanol–water partition coefficient (Wildman–Crippen LogP) is 3.78. The van der Waals surface area contributed by atoms with Crippen LogP contribution in [-0.2, 0) is 50.4 Å². The number of carbonyl (C=O) groups is 3. The van der Waals surface area contributed by atoms with Gasteiger partial charge in [0.1, 0.15) is 12.5 Å². The van der Waals surface area contributed by atoms with Crippen molar-refractivity contribution < 1.29 is 47.0 Å². The molecular weight excluding hydrogens is 637 g/mol. The summed E-state index contributed by atoms with van der Waals surface area (Å²) in [6.45, 7) is 7.25. The first kappa shape index (κ1) is 36.1. The van der Waals surface area contributed by atoms with Gasteiger partial charge >= 0.3 is 12.1 Å². The molecule has 7 rings (SSSR count). The number of hydrogen-bond donors (Lipinski definition) is 2. The van der Waals surface area contributed by atoms with E-state index in [1.807, 2.05) is 36.4 Å². The van der Waals surface area contributed by atoms with Crippen molar-refractivity contribution >= 4 is 17.8 Å². The van der Waals surface area contributed by atoms with Crippen molar-refractivity contribution in [2.75, 3.05) is 26.2 Å². The van der Waals surface area contributed by atoms with E-state index in [0.717, 1.165) is 51.6 Å². The lowest BCUT2D eigenvalue weighted by Gasteiger charge is -2.51. The molecule has 11 heteroatoms. The number of carbonyl (C=O) groups excluding carboxylic acids is 3. The van der Waals surface area contributed by atoms with Gasteiger partial charge < -0.3 is 29.5 Å². The molecule has 1 amide bonds. The van der Waals surface area contributed by atoms with E-state index in [-0.39, 0.29) is 24.0 Å². The number of quaternary nitrogens is 1. The molecule has 0 saturated carbocycles. The molecule has 1 aliphatic carbocycles. The number of aliphatic carboxylic acids is 1. The van der Waals surface area contributed by atoms with Gasteiger partial charge in [-0.05, 0) is 59.1 Å². The van der Waals surface area contributed by atoms with Gasteiger partial charge in [-0.1, -0.05) is 86.6 Å². The fraction of sp³-hybridized carbons (Fsp3) is 0.447. The maximum Gasteiger partial charge on any atom is 0.430 e. The number of nitrogens with zero attached hydrogens (tertiary/aromatic N) is 1. The molecule has 262 valence electrons. The van der Waals surface area contributed by atoms with Gasteiger partial charge in [-0.2, -0.15) is 13.2 Å². The van der Waals surface area contributed by atoms with Crippen molar-refractivity contribution in [1.82, 2.24) is 5.32 Å². The van der Waals surface area contributed by atoms with E-state index >= 15 is 0 Å². The molecule has 3 saturated heterocycles. The Morgan fingerprint density at radius 2 is 1.35 bits per heavy atom. The zero-order valence-electron chi connectivity index (χ0n) is 27.8. The van der Waals surface area contributed by atoms with Crippen LogP contribution in [0.25, 0.3) is 0 Å². The minimum atomic E-state index is -5.19. The van der Waals surface area contributed by atoms with Crippen LogP contribution in [0.3, 0.4) is 0 Å². The number of carboxylic acids is 1. The van der Waals surface area contributed by atoms with E-state index in [4.69, 9.17) is 14.6 Å². The maximum absolute atomic E-state index is 13.8. The first-order valence-corrected chi connectivity index (χ1v) is 16.9. The number of alkyl halides is 3. The van der Waals surface area contributed by atoms with Crippen molar-refractivity contribution in [3.8, 4) is 0 Å². The van der Waals surface area contributed by atoms with Crippen LogP contribution in [-0.4, -0.2) is 71.9 Å². The number of rotatable bonds is 9. The number of hydrogen-bond acceptors (Lipinski definition) is 6. The van der Waals surface area contributed by atoms with Crippen LogP contribution in [0.5, 0.6) is 0 Å². The van der Waals surface area contributed by atoms with Crippen LogP contribution >= 0.6 is 0 Å². The van der Waals surface area contributed by atoms with Crippen LogP contribution in [0.2, 0.25) is 0 Å². The van der Waals surface area contributed by atoms with E-state index in [1.165, 1.54) is 22.3 Å². The van der Waals surface area contributed by atoms with Gasteiger partial charge in [0.05, 0.1) is 13.1 Å². The molecular formula is C38H43F3N2O6. The molecule has 8 nitrogen and oxygen atoms in total. The number of halogens is 3. The molecule has 0 radical (unpaired) electrons. The summed E-state index contributed by atoms with van der Waals surface area (Å²) in [5.41, 5.74) is 4.66. The SMILES string of the molecule is CCc1cc2c(cc1CC)CC(NC(=O)C[N+]13CCC(CC1)[C@@H](OC(=O)C(O)(c1ccccc1)c1ccccc1)C3)C2.O=C([O-])C(F)(F)F. The third kappa shape index (κ3) is 7.99. The average molecular weight is 681 g/mol. The number of esters is 1. The fourth-order valence-electron chi connectivity index (χ4n) is 7.67. The third-order valence-corrected chi connectivity index (χ3v) is 10.3. The number of piperidine rings is 3. The van der Waals surface area contributed by atoms with Gasteiger partial charge in [0.25, 0.3) is 5.91 Å². The normalized spacial score (nSPS) is 21.7. The Balaban J connectivity index is 0.000000606. The van der Waals surface area contributed by atoms with Crippen LogP contribution in [0.15, 0.2) is 72.8 Å². The van der Waals surface area contributed by atoms with Crippen molar-refractivity contribution in [2.24, 2.45) is 5.92 Å². The Bertz CT molecular complexity index is 1570. The molecule has 2 N–H and O–H groups in total. The van der Waals surface area contributed by atoms with Gasteiger partial charge in [-0.25, -0.2) is 4.79 Å². The summed E-state index contributed by atoms with van der Waals surface area (Å²) in [7, 11) is 0. The minimum absolute atomic E-state index is 0.0785. The summed E-state index contributed by atoms with van der Waals surface area (Å²) in [6.07, 6.45) is 0.143. The molecule has 0 unspecified atom stereocenters. The Morgan fingerprint density at radius 1 is 0.878 bits per heavy atom. The summed E-state index contributed by atoms with van der Waals surface area (Å²) in [6, 6.07) is 22.9. The number of nitrogens with one attached hydrogen (secondary N) is 1. The Hall–Kier alpha value is -4.22. The van der Waals surface area contributed by atoms with Crippen molar-refractivity contribution in [3.63, 3.8) is 0 Å². The molecule has 0 spiro atoms. The standard InChI is InChI=1S/C36H42N2O4.C2HF3O2/c1-3-25-19-28-21-32(22-29(28)20-26(25)4-2)37-34(39)24-38-17-15-27(16-18-38)33(23-38)42-35(40)36(41,30-11-7-5-8-12-30)31-13-9-6-10-14-31;3-2(4,5)1(6)7/h5-14,19-20,27,32-33,41H,3-4,15-18,21-24H2,1-2H3;(H,6,7)/t27?,33-,38?;/m0./s1. The van der Waals surface area contributed by atoms with Gasteiger partial charge in [-0.3, -0.25) is 4.79 Å². The van der Waals surface area contributed by atoms with Gasteiger partial charge in [0, 0.05) is 24.8 Å². The molecule has 0 aromatic heterocycles. The fourth-order valence-corrected chi connectivity index (χ4v) is 7.67. The number of aliphatic hydroxyl groups is 1. The minimum Gasteiger partial charge on any atom is -0.542 e. The lowest BCUT2D eigenvalue weighted by molar-refractivity contribution is -0.939. The Kier molecular flexibility index (Phi) is 10.8. The monoisotopic (exact) mass is 680 g/mol. The molecule has 1 atom stereocenters. The average Bonchev–Trinajstić information content (AvgIpc) is 3.48. The van der Waals surface area contributed by atoms with Gasteiger partial charge in [-0.15, -0.1) is 0 Å². The highest BCUT2D eigenvalue weighted by molar-refractivity contribution is 5.85. The Labute approximate surface area is 284 Å². The van der Waals surface area contributed by atoms with Crippen LogP contribution < -0.4 is 10.4 Å². The lowest BCUT2D eigenvalue weighted by atomic mass is 9.82. The molecule has 2 bridgehead atoms. The summed E-state index contributed by atoms with van der Waals surface area (Å²) < 4.78 is 38.4. The highest BCUT2D eigenvalue weighted by Gasteiger charge is 2.51. The summed E-state index contributed by atoms with van der Waals surface area (Å²) in [5, 5.41) is 24.0. The van der Waals surface area contributed by atoms with Crippen molar-refractivity contribution in [3.05, 3.63) is 106 Å². The highest BCUT2D eigenvalue weighted by Crippen LogP contribution is 2.38. The number of aryl methyl sites for hydroxylation is 2. The first-order valence-electron chi connectivity index (χ1n) is 16.9. The van der Waals surface area contributed by atoms with E-state index in [1.54, 1.807) is 24.3 Å². The first-order chi connectivity index (χ1) is 23.3. The second-order valence-corrected chi connectivity index (χ2v) is 13.4. The summed E-state index contributed by atoms with van der Waals surface area (Å²) in [4.78, 5) is 36.0. The molecule has 4 aliphatic rings. The highest BCUT2D eigenvalue weighted by atomic mass is 19.4. The second kappa shape index (κ2) is 14.7. The zero-order chi connectivity index (χ0) is 35.4. The van der Waals surface area contributed by atoms with E-state index in [9.17, 15) is 27.9 Å². The van der Waals surface area contributed by atoms with Crippen molar-refractivity contribution in [2.45, 2.75) is 76.3 Å². The largest absolute Gasteiger partial charge is 0.542 e. The van der Waals surface area contributed by atoms with Crippen molar-refractivity contribution in [1.29, 1.82) is 0 Å². The van der Waals surface area contributed by atoms with Gasteiger partial charge in [0.15, 0.2) is 12.6 Å². The van der Waals surface area contributed by atoms with Gasteiger partial charge in [0.2, 0.25) is 5.60 Å². The number of ether oxygens (including phenoxy) is 1. The zero-order valence-corrected chi connectivity index (χ0v) is 27.8. The number of benzene rings is 3. The lowest BCUT2D eigenvalue weighted by Crippen LogP contribution is -2.67. The van der Waals surface area contributed by atoms with Crippen LogP contribution in [0.1, 0.15) is 60.1 Å². The Morgan fingerprint density at radius 3 is 1.78 bits per heavy atom. The number of carboxylic acid groups (broad SMARTS) is 1. The quantitative estimate of drug-likeness (QED) is 0.263. The predicted molar refractivity (Wildman–Crippen MR) is 174 cm³/mol. The molecule has 49 heavy (non-hydrogen) atoms. The van der Waals surface area contributed by atoms with E-state index in [0.29, 0.717) is 28.7 Å². The maximum atomic E-state index is 13.8. The van der Waals surface area contributed by atoms with E-state index in [2.05, 4.69) is 31.3 Å². The third-order valence-electron chi connectivity index (χ3n) is 10.3. The summed E-state index contributed by atoms with van der Waals surface area (Å²) >= 11 is 0. The molecule has 3 aromatic rings. The second-order valence-electron chi connectivity index (χ2n) is 13.4. The van der Waals surface area contributed by atoms with E-state index < -0.39 is 23.7 Å². The van der Waals surface area contributed by atoms with Crippen LogP contribution in [0.4, 0.5) is 13.2 Å². The molecule has 3 fully saturated rings. The molecule has 3 heterocycles. The summed E-state index contributed by atoms with van der Waals surface area (Å²) in [5.74, 6) is -3.33. The number of amides is 1.